The average molecular weight is 364 g/mol. The normalized spacial score (nSPS) is 20.9. The van der Waals surface area contributed by atoms with Gasteiger partial charge in [-0.15, -0.1) is 0 Å². The van der Waals surface area contributed by atoms with Crippen molar-refractivity contribution in [1.29, 1.82) is 0 Å². The molecule has 3 rings (SSSR count). The molecule has 2 aliphatic heterocycles. The van der Waals surface area contributed by atoms with Crippen molar-refractivity contribution >= 4 is 29.5 Å². The lowest BCUT2D eigenvalue weighted by Gasteiger charge is -2.38. The van der Waals surface area contributed by atoms with Gasteiger partial charge < -0.3 is 14.5 Å². The van der Waals surface area contributed by atoms with E-state index in [1.165, 1.54) is 11.8 Å². The molecular formula is C17H24N4O3S. The zero-order chi connectivity index (χ0) is 17.8. The molecule has 0 bridgehead atoms. The molecule has 1 aromatic heterocycles. The van der Waals surface area contributed by atoms with Gasteiger partial charge in [-0.2, -0.15) is 0 Å². The maximum atomic E-state index is 12.3. The number of hydrogen-bond acceptors (Lipinski definition) is 7. The minimum Gasteiger partial charge on any atom is -0.462 e. The summed E-state index contributed by atoms with van der Waals surface area (Å²) < 4.78 is 5.16. The first-order valence-corrected chi connectivity index (χ1v) is 9.99. The van der Waals surface area contributed by atoms with Gasteiger partial charge in [-0.3, -0.25) is 4.79 Å². The van der Waals surface area contributed by atoms with Gasteiger partial charge in [-0.1, -0.05) is 11.8 Å². The summed E-state index contributed by atoms with van der Waals surface area (Å²) in [5.74, 6) is 0.462. The summed E-state index contributed by atoms with van der Waals surface area (Å²) in [4.78, 5) is 37.3. The molecular weight excluding hydrogens is 340 g/mol. The molecule has 0 unspecified atom stereocenters. The molecule has 0 radical (unpaired) electrons. The third kappa shape index (κ3) is 3.89. The summed E-state index contributed by atoms with van der Waals surface area (Å²) in [6.45, 7) is 4.44. The molecule has 2 fully saturated rings. The number of carbonyl (C=O) groups excluding carboxylic acids is 2. The first-order chi connectivity index (χ1) is 12.1. The van der Waals surface area contributed by atoms with E-state index < -0.39 is 5.97 Å². The van der Waals surface area contributed by atoms with Crippen LogP contribution in [0.1, 0.15) is 43.0 Å². The van der Waals surface area contributed by atoms with Crippen molar-refractivity contribution in [1.82, 2.24) is 14.9 Å². The fourth-order valence-corrected chi connectivity index (χ4v) is 3.84. The Bertz CT molecular complexity index is 655. The van der Waals surface area contributed by atoms with Crippen molar-refractivity contribution in [2.75, 3.05) is 37.4 Å². The molecule has 25 heavy (non-hydrogen) atoms. The van der Waals surface area contributed by atoms with E-state index in [0.717, 1.165) is 32.4 Å². The van der Waals surface area contributed by atoms with E-state index in [-0.39, 0.29) is 11.9 Å². The highest BCUT2D eigenvalue weighted by molar-refractivity contribution is 7.98. The molecule has 0 N–H and O–H groups in total. The van der Waals surface area contributed by atoms with E-state index >= 15 is 0 Å². The Labute approximate surface area is 152 Å². The predicted octanol–water partition coefficient (Wildman–Crippen LogP) is 1.97. The number of carbonyl (C=O) groups is 2. The van der Waals surface area contributed by atoms with Crippen LogP contribution >= 0.6 is 11.8 Å². The molecule has 1 amide bonds. The highest BCUT2D eigenvalue weighted by Gasteiger charge is 2.33. The first kappa shape index (κ1) is 18.0. The molecule has 0 aromatic carbocycles. The van der Waals surface area contributed by atoms with Gasteiger partial charge in [0.25, 0.3) is 0 Å². The largest absolute Gasteiger partial charge is 0.462 e. The number of likely N-dealkylation sites (tertiary alicyclic amines) is 1. The van der Waals surface area contributed by atoms with E-state index in [1.54, 1.807) is 13.1 Å². The maximum Gasteiger partial charge on any atom is 0.343 e. The number of nitrogens with zero attached hydrogens (tertiary/aromatic N) is 4. The lowest BCUT2D eigenvalue weighted by Crippen LogP contribution is -2.49. The molecule has 0 saturated carbocycles. The number of piperidine rings is 1. The van der Waals surface area contributed by atoms with Crippen LogP contribution in [-0.2, 0) is 9.53 Å². The van der Waals surface area contributed by atoms with Crippen LogP contribution in [0.3, 0.4) is 0 Å². The van der Waals surface area contributed by atoms with Crippen molar-refractivity contribution in [3.8, 4) is 0 Å². The summed E-state index contributed by atoms with van der Waals surface area (Å²) in [6, 6.07) is 0.187. The van der Waals surface area contributed by atoms with Gasteiger partial charge in [-0.05, 0) is 32.4 Å². The zero-order valence-electron chi connectivity index (χ0n) is 14.7. The van der Waals surface area contributed by atoms with E-state index in [2.05, 4.69) is 14.9 Å². The Morgan fingerprint density at radius 3 is 2.92 bits per heavy atom. The molecule has 2 saturated heterocycles. The molecule has 3 heterocycles. The van der Waals surface area contributed by atoms with Gasteiger partial charge in [0.15, 0.2) is 5.16 Å². The minimum atomic E-state index is -0.399. The summed E-state index contributed by atoms with van der Waals surface area (Å²) in [5.41, 5.74) is 0.396. The summed E-state index contributed by atoms with van der Waals surface area (Å²) in [7, 11) is 0. The fraction of sp³-hybridized carbons (Fsp3) is 0.647. The SMILES string of the molecule is CCOC(=O)c1cnc(SC)nc1N1CCC[C@H](N2CCCC2=O)C1. The third-order valence-electron chi connectivity index (χ3n) is 4.67. The number of esters is 1. The van der Waals surface area contributed by atoms with Crippen LogP contribution in [0.2, 0.25) is 0 Å². The topological polar surface area (TPSA) is 75.6 Å². The van der Waals surface area contributed by atoms with Gasteiger partial charge in [0.1, 0.15) is 11.4 Å². The van der Waals surface area contributed by atoms with Crippen molar-refractivity contribution in [2.24, 2.45) is 0 Å². The van der Waals surface area contributed by atoms with Crippen LogP contribution in [0.5, 0.6) is 0 Å². The molecule has 1 atom stereocenters. The number of ether oxygens (including phenoxy) is 1. The molecule has 1 aromatic rings. The van der Waals surface area contributed by atoms with Gasteiger partial charge in [0, 0.05) is 38.3 Å². The number of aromatic nitrogens is 2. The van der Waals surface area contributed by atoms with Crippen LogP contribution in [0, 0.1) is 0 Å². The Balaban J connectivity index is 1.85. The predicted molar refractivity (Wildman–Crippen MR) is 96.0 cm³/mol. The van der Waals surface area contributed by atoms with Crippen LogP contribution in [-0.4, -0.2) is 65.3 Å². The fourth-order valence-electron chi connectivity index (χ4n) is 3.51. The minimum absolute atomic E-state index is 0.187. The molecule has 0 aliphatic carbocycles. The lowest BCUT2D eigenvalue weighted by molar-refractivity contribution is -0.129. The van der Waals surface area contributed by atoms with Gasteiger partial charge in [0.05, 0.1) is 6.61 Å². The highest BCUT2D eigenvalue weighted by atomic mass is 32.2. The molecule has 136 valence electrons. The van der Waals surface area contributed by atoms with E-state index in [1.807, 2.05) is 11.2 Å². The third-order valence-corrected chi connectivity index (χ3v) is 5.23. The summed E-state index contributed by atoms with van der Waals surface area (Å²) in [6.07, 6.45) is 7.01. The lowest BCUT2D eigenvalue weighted by atomic mass is 10.0. The smallest absolute Gasteiger partial charge is 0.343 e. The number of amides is 1. The zero-order valence-corrected chi connectivity index (χ0v) is 15.5. The Hall–Kier alpha value is -1.83. The molecule has 2 aliphatic rings. The second kappa shape index (κ2) is 8.03. The van der Waals surface area contributed by atoms with Gasteiger partial charge >= 0.3 is 5.97 Å². The maximum absolute atomic E-state index is 12.3. The van der Waals surface area contributed by atoms with Crippen molar-refractivity contribution in [3.05, 3.63) is 11.8 Å². The molecule has 0 spiro atoms. The van der Waals surface area contributed by atoms with Crippen molar-refractivity contribution < 1.29 is 14.3 Å². The van der Waals surface area contributed by atoms with Crippen LogP contribution in [0.4, 0.5) is 5.82 Å². The van der Waals surface area contributed by atoms with Crippen LogP contribution in [0.25, 0.3) is 0 Å². The number of thioether (sulfide) groups is 1. The van der Waals surface area contributed by atoms with Crippen molar-refractivity contribution in [3.63, 3.8) is 0 Å². The quantitative estimate of drug-likeness (QED) is 0.449. The Morgan fingerprint density at radius 2 is 2.24 bits per heavy atom. The summed E-state index contributed by atoms with van der Waals surface area (Å²) >= 11 is 1.44. The monoisotopic (exact) mass is 364 g/mol. The average Bonchev–Trinajstić information content (AvgIpc) is 3.07. The van der Waals surface area contributed by atoms with Gasteiger partial charge in [-0.25, -0.2) is 14.8 Å². The van der Waals surface area contributed by atoms with E-state index in [9.17, 15) is 9.59 Å². The Kier molecular flexibility index (Phi) is 5.78. The molecule has 8 heteroatoms. The van der Waals surface area contributed by atoms with Crippen molar-refractivity contribution in [2.45, 2.75) is 43.8 Å². The number of rotatable bonds is 5. The standard InChI is InChI=1S/C17H24N4O3S/c1-3-24-16(23)13-10-18-17(25-2)19-15(13)20-8-4-6-12(11-20)21-9-5-7-14(21)22/h10,12H,3-9,11H2,1-2H3/t12-/m0/s1. The number of anilines is 1. The second-order valence-electron chi connectivity index (χ2n) is 6.25. The summed E-state index contributed by atoms with van der Waals surface area (Å²) in [5, 5.41) is 0.627. The van der Waals surface area contributed by atoms with Crippen LogP contribution < -0.4 is 4.90 Å². The van der Waals surface area contributed by atoms with Gasteiger partial charge in [0.2, 0.25) is 5.91 Å². The molecule has 7 nitrogen and oxygen atoms in total. The number of hydrogen-bond donors (Lipinski definition) is 0. The first-order valence-electron chi connectivity index (χ1n) is 8.76. The second-order valence-corrected chi connectivity index (χ2v) is 7.02. The highest BCUT2D eigenvalue weighted by Crippen LogP contribution is 2.28. The van der Waals surface area contributed by atoms with E-state index in [4.69, 9.17) is 4.74 Å². The Morgan fingerprint density at radius 1 is 1.40 bits per heavy atom. The van der Waals surface area contributed by atoms with Crippen LogP contribution in [0.15, 0.2) is 11.4 Å². The van der Waals surface area contributed by atoms with E-state index in [0.29, 0.717) is 36.1 Å².